The molecular formula is C18H31NO2. The van der Waals surface area contributed by atoms with E-state index in [9.17, 15) is 5.11 Å². The van der Waals surface area contributed by atoms with Crippen LogP contribution in [0.15, 0.2) is 24.3 Å². The van der Waals surface area contributed by atoms with Gasteiger partial charge < -0.3 is 15.2 Å². The highest BCUT2D eigenvalue weighted by Gasteiger charge is 2.20. The van der Waals surface area contributed by atoms with Gasteiger partial charge in [-0.3, -0.25) is 0 Å². The molecule has 0 aliphatic carbocycles. The van der Waals surface area contributed by atoms with Crippen LogP contribution >= 0.6 is 0 Å². The molecule has 2 N–H and O–H groups in total. The van der Waals surface area contributed by atoms with Gasteiger partial charge in [-0.1, -0.05) is 32.9 Å². The first-order valence-electron chi connectivity index (χ1n) is 8.09. The summed E-state index contributed by atoms with van der Waals surface area (Å²) >= 11 is 0. The molecule has 0 amide bonds. The topological polar surface area (TPSA) is 41.5 Å². The van der Waals surface area contributed by atoms with Crippen molar-refractivity contribution in [1.29, 1.82) is 0 Å². The second-order valence-electron chi connectivity index (χ2n) is 6.28. The van der Waals surface area contributed by atoms with Crippen molar-refractivity contribution in [2.45, 2.75) is 58.4 Å². The number of rotatable bonds is 10. The number of ether oxygens (including phenoxy) is 1. The molecule has 1 atom stereocenters. The van der Waals surface area contributed by atoms with Crippen LogP contribution in [0.1, 0.15) is 58.4 Å². The molecule has 0 saturated heterocycles. The molecule has 3 nitrogen and oxygen atoms in total. The zero-order valence-corrected chi connectivity index (χ0v) is 14.0. The molecule has 1 aromatic rings. The van der Waals surface area contributed by atoms with Crippen LogP contribution in [0.4, 0.5) is 0 Å². The smallest absolute Gasteiger partial charge is 0.119 e. The van der Waals surface area contributed by atoms with Gasteiger partial charge >= 0.3 is 0 Å². The number of hydrogen-bond acceptors (Lipinski definition) is 3. The maximum absolute atomic E-state index is 9.43. The van der Waals surface area contributed by atoms with Crippen molar-refractivity contribution in [1.82, 2.24) is 5.32 Å². The van der Waals surface area contributed by atoms with Crippen LogP contribution in [0, 0.1) is 0 Å². The lowest BCUT2D eigenvalue weighted by Gasteiger charge is -2.28. The monoisotopic (exact) mass is 293 g/mol. The number of hydrogen-bond donors (Lipinski definition) is 2. The standard InChI is InChI=1S/C18H31NO2/c1-5-19-18(4,14-20)12-6-7-13-21-17-10-8-16(9-11-17)15(2)3/h8-11,15,19-20H,5-7,12-14H2,1-4H3. The molecule has 0 spiro atoms. The molecule has 0 heterocycles. The van der Waals surface area contributed by atoms with Gasteiger partial charge in [0.2, 0.25) is 0 Å². The van der Waals surface area contributed by atoms with Gasteiger partial charge in [0.05, 0.1) is 13.2 Å². The van der Waals surface area contributed by atoms with Crippen LogP contribution in [0.5, 0.6) is 5.75 Å². The summed E-state index contributed by atoms with van der Waals surface area (Å²) in [6.45, 7) is 10.3. The quantitative estimate of drug-likeness (QED) is 0.646. The van der Waals surface area contributed by atoms with E-state index in [0.717, 1.165) is 38.2 Å². The maximum atomic E-state index is 9.43. The van der Waals surface area contributed by atoms with E-state index in [4.69, 9.17) is 4.74 Å². The molecule has 0 fully saturated rings. The van der Waals surface area contributed by atoms with Crippen LogP contribution in [-0.2, 0) is 0 Å². The van der Waals surface area contributed by atoms with Gasteiger partial charge in [0.1, 0.15) is 5.75 Å². The molecule has 21 heavy (non-hydrogen) atoms. The van der Waals surface area contributed by atoms with E-state index in [1.54, 1.807) is 0 Å². The van der Waals surface area contributed by atoms with Crippen LogP contribution in [-0.4, -0.2) is 30.4 Å². The Kier molecular flexibility index (Phi) is 7.76. The third-order valence-corrected chi connectivity index (χ3v) is 3.89. The number of aliphatic hydroxyl groups is 1. The van der Waals surface area contributed by atoms with E-state index in [0.29, 0.717) is 5.92 Å². The van der Waals surface area contributed by atoms with Gasteiger partial charge in [0.25, 0.3) is 0 Å². The molecule has 0 bridgehead atoms. The SMILES string of the molecule is CCNC(C)(CO)CCCCOc1ccc(C(C)C)cc1. The minimum atomic E-state index is -0.159. The molecule has 0 radical (unpaired) electrons. The predicted octanol–water partition coefficient (Wildman–Crippen LogP) is 3.72. The average molecular weight is 293 g/mol. The molecule has 1 rings (SSSR count). The Morgan fingerprint density at radius 2 is 1.86 bits per heavy atom. The first-order chi connectivity index (χ1) is 10.0. The van der Waals surface area contributed by atoms with Crippen molar-refractivity contribution in [3.8, 4) is 5.75 Å². The third kappa shape index (κ3) is 6.49. The molecular weight excluding hydrogens is 262 g/mol. The number of benzene rings is 1. The van der Waals surface area contributed by atoms with Crippen molar-refractivity contribution >= 4 is 0 Å². The predicted molar refractivity (Wildman–Crippen MR) is 89.0 cm³/mol. The summed E-state index contributed by atoms with van der Waals surface area (Å²) in [5, 5.41) is 12.8. The molecule has 3 heteroatoms. The molecule has 0 aliphatic rings. The highest BCUT2D eigenvalue weighted by Crippen LogP contribution is 2.19. The third-order valence-electron chi connectivity index (χ3n) is 3.89. The van der Waals surface area contributed by atoms with Crippen molar-refractivity contribution < 1.29 is 9.84 Å². The Balaban J connectivity index is 2.25. The van der Waals surface area contributed by atoms with Gasteiger partial charge in [0.15, 0.2) is 0 Å². The van der Waals surface area contributed by atoms with Gasteiger partial charge in [-0.25, -0.2) is 0 Å². The van der Waals surface area contributed by atoms with Crippen molar-refractivity contribution in [3.05, 3.63) is 29.8 Å². The van der Waals surface area contributed by atoms with E-state index in [-0.39, 0.29) is 12.1 Å². The lowest BCUT2D eigenvalue weighted by Crippen LogP contribution is -2.45. The summed E-state index contributed by atoms with van der Waals surface area (Å²) in [7, 11) is 0. The van der Waals surface area contributed by atoms with Gasteiger partial charge in [-0.2, -0.15) is 0 Å². The minimum absolute atomic E-state index is 0.159. The van der Waals surface area contributed by atoms with Crippen molar-refractivity contribution in [2.75, 3.05) is 19.8 Å². The Labute approximate surface area is 129 Å². The Morgan fingerprint density at radius 1 is 1.19 bits per heavy atom. The second kappa shape index (κ2) is 9.06. The zero-order chi connectivity index (χ0) is 15.7. The number of likely N-dealkylation sites (N-methyl/N-ethyl adjacent to an activating group) is 1. The average Bonchev–Trinajstić information content (AvgIpc) is 2.47. The minimum Gasteiger partial charge on any atom is -0.494 e. The van der Waals surface area contributed by atoms with Gasteiger partial charge in [0, 0.05) is 5.54 Å². The second-order valence-corrected chi connectivity index (χ2v) is 6.28. The van der Waals surface area contributed by atoms with E-state index < -0.39 is 0 Å². The molecule has 1 unspecified atom stereocenters. The Bertz CT molecular complexity index is 389. The zero-order valence-electron chi connectivity index (χ0n) is 14.0. The normalized spacial score (nSPS) is 14.2. The largest absolute Gasteiger partial charge is 0.494 e. The van der Waals surface area contributed by atoms with E-state index >= 15 is 0 Å². The van der Waals surface area contributed by atoms with Crippen molar-refractivity contribution in [2.24, 2.45) is 0 Å². The summed E-state index contributed by atoms with van der Waals surface area (Å²) in [6.07, 6.45) is 3.02. The number of aliphatic hydroxyl groups excluding tert-OH is 1. The summed E-state index contributed by atoms with van der Waals surface area (Å²) in [6, 6.07) is 8.36. The molecule has 1 aromatic carbocycles. The van der Waals surface area contributed by atoms with Crippen LogP contribution in [0.25, 0.3) is 0 Å². The van der Waals surface area contributed by atoms with Crippen LogP contribution in [0.3, 0.4) is 0 Å². The van der Waals surface area contributed by atoms with Crippen LogP contribution < -0.4 is 10.1 Å². The lowest BCUT2D eigenvalue weighted by molar-refractivity contribution is 0.162. The highest BCUT2D eigenvalue weighted by molar-refractivity contribution is 5.28. The fourth-order valence-electron chi connectivity index (χ4n) is 2.41. The van der Waals surface area contributed by atoms with E-state index in [2.05, 4.69) is 45.1 Å². The van der Waals surface area contributed by atoms with Gasteiger partial charge in [-0.15, -0.1) is 0 Å². The fourth-order valence-corrected chi connectivity index (χ4v) is 2.41. The van der Waals surface area contributed by atoms with Gasteiger partial charge in [-0.05, 0) is 56.3 Å². The first kappa shape index (κ1) is 18.0. The summed E-state index contributed by atoms with van der Waals surface area (Å²) in [4.78, 5) is 0. The maximum Gasteiger partial charge on any atom is 0.119 e. The summed E-state index contributed by atoms with van der Waals surface area (Å²) in [5.41, 5.74) is 1.18. The molecule has 0 aliphatic heterocycles. The molecule has 120 valence electrons. The molecule has 0 aromatic heterocycles. The summed E-state index contributed by atoms with van der Waals surface area (Å²) in [5.74, 6) is 1.50. The number of unbranched alkanes of at least 4 members (excludes halogenated alkanes) is 1. The fraction of sp³-hybridized carbons (Fsp3) is 0.667. The van der Waals surface area contributed by atoms with Crippen molar-refractivity contribution in [3.63, 3.8) is 0 Å². The Morgan fingerprint density at radius 3 is 2.38 bits per heavy atom. The highest BCUT2D eigenvalue weighted by atomic mass is 16.5. The van der Waals surface area contributed by atoms with Crippen LogP contribution in [0.2, 0.25) is 0 Å². The molecule has 0 saturated carbocycles. The lowest BCUT2D eigenvalue weighted by atomic mass is 9.96. The first-order valence-corrected chi connectivity index (χ1v) is 8.09. The number of nitrogens with one attached hydrogen (secondary N) is 1. The van der Waals surface area contributed by atoms with E-state index in [1.807, 2.05) is 12.1 Å². The summed E-state index contributed by atoms with van der Waals surface area (Å²) < 4.78 is 5.77. The van der Waals surface area contributed by atoms with E-state index in [1.165, 1.54) is 5.56 Å². The Hall–Kier alpha value is -1.06.